The van der Waals surface area contributed by atoms with Gasteiger partial charge in [-0.2, -0.15) is 0 Å². The number of rotatable bonds is 2. The van der Waals surface area contributed by atoms with Gasteiger partial charge in [-0.15, -0.1) is 0 Å². The van der Waals surface area contributed by atoms with Crippen molar-refractivity contribution >= 4 is 23.2 Å². The molecule has 3 aliphatic rings. The minimum atomic E-state index is -3.31. The molecule has 33 heavy (non-hydrogen) atoms. The normalized spacial score (nSPS) is 37.7. The summed E-state index contributed by atoms with van der Waals surface area (Å²) in [6.07, 6.45) is -2.15. The lowest BCUT2D eigenvalue weighted by Crippen LogP contribution is -2.71. The molecular formula is C22H24N2O9. The highest BCUT2D eigenvalue weighted by Gasteiger charge is 2.70. The van der Waals surface area contributed by atoms with E-state index in [9.17, 15) is 45.0 Å². The number of Topliss-reactive ketones (excluding diaryl/α,β-unsaturated/α-hetero) is 2. The van der Waals surface area contributed by atoms with Crippen molar-refractivity contribution < 1.29 is 49.1 Å². The zero-order chi connectivity index (χ0) is 27.3. The van der Waals surface area contributed by atoms with Crippen molar-refractivity contribution in [2.24, 2.45) is 17.6 Å². The average Bonchev–Trinajstić information content (AvgIpc) is 2.75. The van der Waals surface area contributed by atoms with E-state index in [2.05, 4.69) is 0 Å². The van der Waals surface area contributed by atoms with Crippen molar-refractivity contribution in [3.8, 4) is 5.75 Å². The Balaban J connectivity index is 2.11. The highest BCUT2D eigenvalue weighted by molar-refractivity contribution is 6.24. The molecule has 1 saturated carbocycles. The lowest BCUT2D eigenvalue weighted by atomic mass is 9.53. The zero-order valence-electron chi connectivity index (χ0n) is 20.5. The summed E-state index contributed by atoms with van der Waals surface area (Å²) in [4.78, 5) is 39.5. The number of aliphatic hydroxyl groups excluding tert-OH is 3. The third-order valence-corrected chi connectivity index (χ3v) is 6.90. The molecule has 176 valence electrons. The average molecular weight is 463 g/mol. The number of carbonyl (C=O) groups excluding carboxylic acids is 3. The molecule has 1 aromatic rings. The lowest BCUT2D eigenvalue weighted by molar-refractivity contribution is -0.181. The van der Waals surface area contributed by atoms with E-state index in [-0.39, 0.29) is 11.1 Å². The minimum Gasteiger partial charge on any atom is -0.508 e. The predicted octanol–water partition coefficient (Wildman–Crippen LogP) is -1.40. The van der Waals surface area contributed by atoms with Crippen LogP contribution in [0.3, 0.4) is 0 Å². The zero-order valence-corrected chi connectivity index (χ0v) is 17.5. The van der Waals surface area contributed by atoms with Crippen LogP contribution in [-0.2, 0) is 20.0 Å². The molecule has 11 heteroatoms. The Morgan fingerprint density at radius 2 is 1.85 bits per heavy atom. The summed E-state index contributed by atoms with van der Waals surface area (Å²) in [6, 6.07) is 1.69. The summed E-state index contributed by atoms with van der Waals surface area (Å²) in [5.41, 5.74) is -2.84. The fourth-order valence-corrected chi connectivity index (χ4v) is 5.46. The Hall–Kier alpha value is -3.25. The molecule has 8 N–H and O–H groups in total. The van der Waals surface area contributed by atoms with Crippen LogP contribution in [0.5, 0.6) is 5.75 Å². The maximum atomic E-state index is 13.8. The summed E-state index contributed by atoms with van der Waals surface area (Å²) < 4.78 is 23.2. The molecule has 1 aromatic carbocycles. The molecule has 0 aliphatic heterocycles. The second kappa shape index (κ2) is 6.87. The van der Waals surface area contributed by atoms with E-state index in [1.54, 1.807) is 0 Å². The van der Waals surface area contributed by atoms with E-state index in [1.807, 2.05) is 0 Å². The highest BCUT2D eigenvalue weighted by atomic mass is 16.4. The van der Waals surface area contributed by atoms with Crippen LogP contribution in [0.15, 0.2) is 35.1 Å². The number of carbonyl (C=O) groups is 3. The monoisotopic (exact) mass is 463 g/mol. The first kappa shape index (κ1) is 19.2. The first-order chi connectivity index (χ1) is 16.4. The van der Waals surface area contributed by atoms with Gasteiger partial charge in [0.1, 0.15) is 22.8 Å². The Bertz CT molecular complexity index is 1290. The van der Waals surface area contributed by atoms with Gasteiger partial charge in [0.05, 0.1) is 40.7 Å². The molecule has 0 bridgehead atoms. The van der Waals surface area contributed by atoms with Crippen LogP contribution in [0.2, 0.25) is 0 Å². The number of primary amides is 1. The van der Waals surface area contributed by atoms with Gasteiger partial charge in [-0.3, -0.25) is 19.3 Å². The van der Waals surface area contributed by atoms with Crippen LogP contribution >= 0.6 is 0 Å². The molecular weight excluding hydrogens is 436 g/mol. The van der Waals surface area contributed by atoms with Crippen molar-refractivity contribution in [3.05, 3.63) is 46.2 Å². The van der Waals surface area contributed by atoms with E-state index < -0.39 is 88.0 Å². The molecule has 0 unspecified atom stereocenters. The van der Waals surface area contributed by atoms with Crippen molar-refractivity contribution in [2.45, 2.75) is 30.3 Å². The number of ketones is 2. The van der Waals surface area contributed by atoms with Gasteiger partial charge in [-0.1, -0.05) is 12.1 Å². The molecule has 0 spiro atoms. The molecule has 11 nitrogen and oxygen atoms in total. The Labute approximate surface area is 191 Å². The third kappa shape index (κ3) is 2.61. The quantitative estimate of drug-likeness (QED) is 0.256. The van der Waals surface area contributed by atoms with Gasteiger partial charge in [0.25, 0.3) is 5.91 Å². The maximum absolute atomic E-state index is 13.8. The number of aliphatic hydroxyl groups is 5. The molecule has 4 rings (SSSR count). The van der Waals surface area contributed by atoms with E-state index in [1.165, 1.54) is 12.1 Å². The fraction of sp³-hybridized carbons (Fsp3) is 0.409. The van der Waals surface area contributed by atoms with E-state index >= 15 is 0 Å². The van der Waals surface area contributed by atoms with Gasteiger partial charge in [0, 0.05) is 4.11 Å². The van der Waals surface area contributed by atoms with Gasteiger partial charge < -0.3 is 36.4 Å². The Morgan fingerprint density at radius 3 is 2.42 bits per heavy atom. The largest absolute Gasteiger partial charge is 0.508 e. The number of phenols is 1. The second-order valence-corrected chi connectivity index (χ2v) is 8.71. The van der Waals surface area contributed by atoms with Crippen molar-refractivity contribution in [1.82, 2.24) is 4.90 Å². The summed E-state index contributed by atoms with van der Waals surface area (Å²) >= 11 is 0. The fourth-order valence-electron chi connectivity index (χ4n) is 5.46. The number of phenolic OH excluding ortho intramolecular Hbond substituents is 1. The van der Waals surface area contributed by atoms with Crippen molar-refractivity contribution in [2.75, 3.05) is 14.0 Å². The number of likely N-dealkylation sites (N-methyl/N-ethyl adjacent to an activating group) is 1. The molecule has 0 heterocycles. The van der Waals surface area contributed by atoms with Gasteiger partial charge in [-0.25, -0.2) is 0 Å². The molecule has 1 amide bonds. The molecule has 0 radical (unpaired) electrons. The Kier molecular flexibility index (Phi) is 4.01. The van der Waals surface area contributed by atoms with Gasteiger partial charge in [0.2, 0.25) is 5.78 Å². The SMILES string of the molecule is [2H]C([2H])([2H])N(C)[C@@H]1C(=O)C(C(N)=O)=C(O)[C@@]2(O)C(=O)C3=C(O)c4c(O)cccc4[C@@](C)(O)[C@H]3[C@H](O)[C@@H]12. The number of benzene rings is 1. The standard InChI is InChI=1S/C22H24N2O9/c1-21(32)7-5-4-6-8(25)9(7)15(26)10-12(21)17(28)13-14(24(2)3)16(27)11(20(23)31)19(30)22(13,33)18(10)29/h4-6,12-14,17,25-26,28,30,32-33H,1-3H3,(H2,23,31)/t12-,13-,14+,17+,21-,22+/m1/s1/i2D3. The van der Waals surface area contributed by atoms with Gasteiger partial charge in [0.15, 0.2) is 11.4 Å². The summed E-state index contributed by atoms with van der Waals surface area (Å²) in [5, 5.41) is 66.7. The van der Waals surface area contributed by atoms with Crippen LogP contribution in [0.25, 0.3) is 5.76 Å². The summed E-state index contributed by atoms with van der Waals surface area (Å²) in [6.45, 7) is -1.90. The molecule has 3 aliphatic carbocycles. The van der Waals surface area contributed by atoms with Crippen molar-refractivity contribution in [3.63, 3.8) is 0 Å². The minimum absolute atomic E-state index is 0.105. The predicted molar refractivity (Wildman–Crippen MR) is 112 cm³/mol. The van der Waals surface area contributed by atoms with Gasteiger partial charge >= 0.3 is 0 Å². The molecule has 0 saturated heterocycles. The number of hydrogen-bond acceptors (Lipinski definition) is 10. The van der Waals surface area contributed by atoms with E-state index in [0.29, 0.717) is 4.90 Å². The number of amides is 1. The van der Waals surface area contributed by atoms with Crippen LogP contribution in [0, 0.1) is 11.8 Å². The van der Waals surface area contributed by atoms with Crippen LogP contribution < -0.4 is 5.73 Å². The molecule has 0 aromatic heterocycles. The van der Waals surface area contributed by atoms with E-state index in [4.69, 9.17) is 9.85 Å². The summed E-state index contributed by atoms with van der Waals surface area (Å²) in [5.74, 6) is -11.4. The lowest BCUT2D eigenvalue weighted by Gasteiger charge is -2.55. The van der Waals surface area contributed by atoms with Crippen LogP contribution in [-0.4, -0.2) is 84.8 Å². The van der Waals surface area contributed by atoms with Gasteiger partial charge in [-0.05, 0) is 32.6 Å². The van der Waals surface area contributed by atoms with Crippen LogP contribution in [0.4, 0.5) is 0 Å². The third-order valence-electron chi connectivity index (χ3n) is 6.90. The van der Waals surface area contributed by atoms with E-state index in [0.717, 1.165) is 20.0 Å². The number of nitrogens with zero attached hydrogens (tertiary/aromatic N) is 1. The number of hydrogen-bond donors (Lipinski definition) is 7. The smallest absolute Gasteiger partial charge is 0.255 e. The highest BCUT2D eigenvalue weighted by Crippen LogP contribution is 2.57. The number of fused-ring (bicyclic) bond motifs is 3. The molecule has 1 fully saturated rings. The maximum Gasteiger partial charge on any atom is 0.255 e. The molecule has 6 atom stereocenters. The second-order valence-electron chi connectivity index (χ2n) is 8.71. The number of nitrogens with two attached hydrogens (primary N) is 1. The Morgan fingerprint density at radius 1 is 1.21 bits per heavy atom. The van der Waals surface area contributed by atoms with Crippen LogP contribution in [0.1, 0.15) is 22.2 Å². The summed E-state index contributed by atoms with van der Waals surface area (Å²) in [7, 11) is 0.920. The number of aromatic hydroxyl groups is 1. The first-order valence-electron chi connectivity index (χ1n) is 11.4. The van der Waals surface area contributed by atoms with Crippen molar-refractivity contribution in [1.29, 1.82) is 0 Å². The topological polar surface area (TPSA) is 202 Å². The first-order valence-corrected chi connectivity index (χ1v) is 9.86.